The van der Waals surface area contributed by atoms with Crippen molar-refractivity contribution in [2.75, 3.05) is 11.9 Å². The normalized spacial score (nSPS) is 12.6. The first-order valence-electron chi connectivity index (χ1n) is 11.1. The summed E-state index contributed by atoms with van der Waals surface area (Å²) in [5.74, 6) is -1.48. The lowest BCUT2D eigenvalue weighted by Gasteiger charge is -2.29. The van der Waals surface area contributed by atoms with E-state index in [4.69, 9.17) is 5.26 Å². The maximum atomic E-state index is 14.0. The Morgan fingerprint density at radius 2 is 1.97 bits per heavy atom. The van der Waals surface area contributed by atoms with Gasteiger partial charge in [-0.3, -0.25) is 14.6 Å². The number of nitrogens with zero attached hydrogens (tertiary/aromatic N) is 2. The van der Waals surface area contributed by atoms with Gasteiger partial charge in [0.15, 0.2) is 0 Å². The minimum atomic E-state index is -0.769. The molecule has 2 N–H and O–H groups in total. The molecule has 2 atom stereocenters. The highest BCUT2D eigenvalue weighted by atomic mass is 19.1. The van der Waals surface area contributed by atoms with Crippen molar-refractivity contribution in [3.63, 3.8) is 0 Å². The zero-order valence-corrected chi connectivity index (χ0v) is 19.2. The molecule has 2 aromatic carbocycles. The predicted octanol–water partition coefficient (Wildman–Crippen LogP) is 4.48. The summed E-state index contributed by atoms with van der Waals surface area (Å²) < 4.78 is 14.0. The van der Waals surface area contributed by atoms with Gasteiger partial charge < -0.3 is 10.6 Å². The number of carbonyl (C=O) groups is 2. The first-order valence-corrected chi connectivity index (χ1v) is 11.1. The van der Waals surface area contributed by atoms with E-state index < -0.39 is 17.6 Å². The smallest absolute Gasteiger partial charge is 0.233 e. The number of anilines is 1. The topological polar surface area (TPSA) is 94.9 Å². The van der Waals surface area contributed by atoms with Crippen LogP contribution < -0.4 is 10.6 Å². The number of nitrogens with one attached hydrogen (secondary N) is 2. The number of hydrogen-bond acceptors (Lipinski definition) is 5. The van der Waals surface area contributed by atoms with Crippen LogP contribution in [0.4, 0.5) is 10.1 Å². The second-order valence-electron chi connectivity index (χ2n) is 8.53. The zero-order valence-electron chi connectivity index (χ0n) is 19.2. The fraction of sp³-hybridized carbons (Fsp3) is 0.259. The van der Waals surface area contributed by atoms with E-state index in [1.165, 1.54) is 12.1 Å². The molecule has 0 aliphatic carbocycles. The zero-order chi connectivity index (χ0) is 24.5. The lowest BCUT2D eigenvalue weighted by atomic mass is 9.84. The molecule has 1 aromatic heterocycles. The molecule has 1 amide bonds. The number of halogens is 1. The van der Waals surface area contributed by atoms with Crippen LogP contribution in [-0.4, -0.2) is 29.8 Å². The van der Waals surface area contributed by atoms with Gasteiger partial charge in [0.1, 0.15) is 12.1 Å². The van der Waals surface area contributed by atoms with E-state index >= 15 is 0 Å². The van der Waals surface area contributed by atoms with Crippen LogP contribution in [0.1, 0.15) is 46.8 Å². The van der Waals surface area contributed by atoms with E-state index in [2.05, 4.69) is 29.5 Å². The Kier molecular flexibility index (Phi) is 8.60. The van der Waals surface area contributed by atoms with E-state index in [-0.39, 0.29) is 17.3 Å². The van der Waals surface area contributed by atoms with E-state index in [0.29, 0.717) is 30.0 Å². The number of carbonyl (C=O) groups excluding carboxylic acids is 2. The van der Waals surface area contributed by atoms with Crippen molar-refractivity contribution in [2.24, 2.45) is 5.92 Å². The van der Waals surface area contributed by atoms with Gasteiger partial charge in [0, 0.05) is 29.7 Å². The second-order valence-corrected chi connectivity index (χ2v) is 8.53. The summed E-state index contributed by atoms with van der Waals surface area (Å²) in [5, 5.41) is 15.4. The van der Waals surface area contributed by atoms with Crippen molar-refractivity contribution in [3.05, 3.63) is 95.1 Å². The van der Waals surface area contributed by atoms with Crippen molar-refractivity contribution < 1.29 is 14.0 Å². The first-order chi connectivity index (χ1) is 16.4. The van der Waals surface area contributed by atoms with Crippen molar-refractivity contribution in [2.45, 2.75) is 32.2 Å². The van der Waals surface area contributed by atoms with Crippen LogP contribution in [0.15, 0.2) is 67.0 Å². The molecule has 34 heavy (non-hydrogen) atoms. The van der Waals surface area contributed by atoms with Gasteiger partial charge in [0.2, 0.25) is 5.91 Å². The van der Waals surface area contributed by atoms with Crippen LogP contribution in [-0.2, 0) is 11.2 Å². The SMILES string of the molecule is CC(C)CN[C@@H](Cc1cccnc1)[C@H](C(=O)Nc1cc(F)cc(C#N)c1)c1ccccc1C=O. The van der Waals surface area contributed by atoms with Crippen molar-refractivity contribution in [1.82, 2.24) is 10.3 Å². The van der Waals surface area contributed by atoms with E-state index in [0.717, 1.165) is 17.9 Å². The first kappa shape index (κ1) is 24.7. The Morgan fingerprint density at radius 3 is 2.65 bits per heavy atom. The second kappa shape index (κ2) is 11.8. The van der Waals surface area contributed by atoms with Crippen molar-refractivity contribution >= 4 is 17.9 Å². The van der Waals surface area contributed by atoms with Crippen LogP contribution >= 0.6 is 0 Å². The molecule has 6 nitrogen and oxygen atoms in total. The molecule has 0 aliphatic rings. The van der Waals surface area contributed by atoms with E-state index in [9.17, 15) is 14.0 Å². The number of benzene rings is 2. The molecule has 7 heteroatoms. The number of rotatable bonds is 10. The lowest BCUT2D eigenvalue weighted by Crippen LogP contribution is -2.44. The van der Waals surface area contributed by atoms with Crippen LogP contribution in [0.5, 0.6) is 0 Å². The largest absolute Gasteiger partial charge is 0.325 e. The fourth-order valence-corrected chi connectivity index (χ4v) is 3.86. The molecule has 3 rings (SSSR count). The van der Waals surface area contributed by atoms with Crippen LogP contribution in [0.3, 0.4) is 0 Å². The summed E-state index contributed by atoms with van der Waals surface area (Å²) in [6.45, 7) is 4.79. The van der Waals surface area contributed by atoms with Crippen LogP contribution in [0.25, 0.3) is 0 Å². The number of hydrogen-bond donors (Lipinski definition) is 2. The molecule has 0 radical (unpaired) electrons. The van der Waals surface area contributed by atoms with Gasteiger partial charge in [-0.2, -0.15) is 5.26 Å². The minimum Gasteiger partial charge on any atom is -0.325 e. The highest BCUT2D eigenvalue weighted by molar-refractivity contribution is 5.98. The molecule has 0 bridgehead atoms. The third-order valence-electron chi connectivity index (χ3n) is 5.40. The van der Waals surface area contributed by atoms with Crippen molar-refractivity contribution in [1.29, 1.82) is 5.26 Å². The number of aldehydes is 1. The van der Waals surface area contributed by atoms with Gasteiger partial charge in [0.25, 0.3) is 0 Å². The minimum absolute atomic E-state index is 0.102. The quantitative estimate of drug-likeness (QED) is 0.437. The van der Waals surface area contributed by atoms with E-state index in [1.807, 2.05) is 18.2 Å². The van der Waals surface area contributed by atoms with Gasteiger partial charge in [-0.1, -0.05) is 44.2 Å². The highest BCUT2D eigenvalue weighted by Crippen LogP contribution is 2.28. The molecule has 0 saturated carbocycles. The molecule has 0 unspecified atom stereocenters. The average molecular weight is 459 g/mol. The molecule has 3 aromatic rings. The molecule has 0 aliphatic heterocycles. The molecule has 0 spiro atoms. The maximum absolute atomic E-state index is 14.0. The summed E-state index contributed by atoms with van der Waals surface area (Å²) in [7, 11) is 0. The highest BCUT2D eigenvalue weighted by Gasteiger charge is 2.32. The summed E-state index contributed by atoms with van der Waals surface area (Å²) >= 11 is 0. The molecule has 0 saturated heterocycles. The Balaban J connectivity index is 2.04. The third-order valence-corrected chi connectivity index (χ3v) is 5.40. The summed E-state index contributed by atoms with van der Waals surface area (Å²) in [6, 6.07) is 15.9. The van der Waals surface area contributed by atoms with Crippen molar-refractivity contribution in [3.8, 4) is 6.07 Å². The van der Waals surface area contributed by atoms with Gasteiger partial charge in [-0.05, 0) is 54.3 Å². The standard InChI is InChI=1S/C27H27FN4O2/c1-18(2)15-31-25(12-19-6-5-9-30-16-19)26(24-8-4-3-7-21(24)17-33)27(34)32-23-11-20(14-29)10-22(28)13-23/h3-11,13,16-18,25-26,31H,12,15H2,1-2H3,(H,32,34)/t25-,26+/m0/s1. The molecule has 174 valence electrons. The molecule has 1 heterocycles. The van der Waals surface area contributed by atoms with E-state index in [1.54, 1.807) is 36.7 Å². The average Bonchev–Trinajstić information content (AvgIpc) is 2.83. The Bertz CT molecular complexity index is 1170. The fourth-order valence-electron chi connectivity index (χ4n) is 3.86. The van der Waals surface area contributed by atoms with Gasteiger partial charge in [-0.15, -0.1) is 0 Å². The molecule has 0 fully saturated rings. The monoisotopic (exact) mass is 458 g/mol. The van der Waals surface area contributed by atoms with Crippen LogP contribution in [0, 0.1) is 23.1 Å². The van der Waals surface area contributed by atoms with Crippen LogP contribution in [0.2, 0.25) is 0 Å². The maximum Gasteiger partial charge on any atom is 0.233 e. The third kappa shape index (κ3) is 6.56. The Labute approximate surface area is 198 Å². The summed E-state index contributed by atoms with van der Waals surface area (Å²) in [5.41, 5.74) is 2.19. The Hall–Kier alpha value is -3.89. The van der Waals surface area contributed by atoms with Gasteiger partial charge in [0.05, 0.1) is 17.6 Å². The Morgan fingerprint density at radius 1 is 1.18 bits per heavy atom. The summed E-state index contributed by atoms with van der Waals surface area (Å²) in [6.07, 6.45) is 4.65. The predicted molar refractivity (Wildman–Crippen MR) is 129 cm³/mol. The number of amides is 1. The lowest BCUT2D eigenvalue weighted by molar-refractivity contribution is -0.118. The molecular weight excluding hydrogens is 431 g/mol. The number of nitriles is 1. The number of aromatic nitrogens is 1. The van der Waals surface area contributed by atoms with Gasteiger partial charge >= 0.3 is 0 Å². The summed E-state index contributed by atoms with van der Waals surface area (Å²) in [4.78, 5) is 29.7. The number of pyridine rings is 1. The molecular formula is C27H27FN4O2. The van der Waals surface area contributed by atoms with Gasteiger partial charge in [-0.25, -0.2) is 4.39 Å².